The van der Waals surface area contributed by atoms with E-state index in [2.05, 4.69) is 5.32 Å². The van der Waals surface area contributed by atoms with Gasteiger partial charge in [0.2, 0.25) is 12.7 Å². The van der Waals surface area contributed by atoms with Crippen LogP contribution in [-0.2, 0) is 15.1 Å². The maximum absolute atomic E-state index is 13.4. The van der Waals surface area contributed by atoms with Crippen LogP contribution in [0.1, 0.15) is 43.4 Å². The molecule has 2 atom stereocenters. The van der Waals surface area contributed by atoms with Gasteiger partial charge in [0.15, 0.2) is 23.0 Å². The van der Waals surface area contributed by atoms with Crippen molar-refractivity contribution in [1.82, 2.24) is 15.1 Å². The van der Waals surface area contributed by atoms with Gasteiger partial charge in [-0.25, -0.2) is 4.79 Å². The number of nitrogens with zero attached hydrogens (tertiary/aromatic N) is 2. The summed E-state index contributed by atoms with van der Waals surface area (Å²) in [5.74, 6) is 1.72. The summed E-state index contributed by atoms with van der Waals surface area (Å²) in [6, 6.07) is 10.1. The van der Waals surface area contributed by atoms with E-state index in [0.29, 0.717) is 48.3 Å². The van der Waals surface area contributed by atoms with Crippen molar-refractivity contribution in [1.29, 1.82) is 0 Å². The van der Waals surface area contributed by atoms with Crippen LogP contribution in [0.25, 0.3) is 0 Å². The van der Waals surface area contributed by atoms with Crippen LogP contribution in [0.2, 0.25) is 0 Å². The summed E-state index contributed by atoms with van der Waals surface area (Å²) < 4.78 is 22.3. The van der Waals surface area contributed by atoms with Crippen LogP contribution >= 0.6 is 0 Å². The highest BCUT2D eigenvalue weighted by Gasteiger charge is 2.50. The molecule has 2 unspecified atom stereocenters. The van der Waals surface area contributed by atoms with E-state index in [-0.39, 0.29) is 25.3 Å². The van der Waals surface area contributed by atoms with Gasteiger partial charge < -0.3 is 29.2 Å². The summed E-state index contributed by atoms with van der Waals surface area (Å²) in [6.07, 6.45) is 2.44. The SMILES string of the molecule is CC1(c2ccc3c(c2)OCO3)NC(=O)N(CC(=O)N2CCCC2c2ccc3c(c2)OCCCO3)C1=O. The molecule has 10 nitrogen and oxygen atoms in total. The van der Waals surface area contributed by atoms with E-state index in [4.69, 9.17) is 18.9 Å². The minimum atomic E-state index is -1.31. The number of hydrogen-bond donors (Lipinski definition) is 1. The molecule has 2 aromatic rings. The van der Waals surface area contributed by atoms with Gasteiger partial charge in [-0.3, -0.25) is 14.5 Å². The average Bonchev–Trinajstić information content (AvgIpc) is 3.55. The first-order valence-corrected chi connectivity index (χ1v) is 12.2. The van der Waals surface area contributed by atoms with Gasteiger partial charge in [-0.1, -0.05) is 12.1 Å². The Balaban J connectivity index is 1.19. The van der Waals surface area contributed by atoms with Gasteiger partial charge in [-0.2, -0.15) is 0 Å². The number of imide groups is 1. The minimum absolute atomic E-state index is 0.108. The summed E-state index contributed by atoms with van der Waals surface area (Å²) in [4.78, 5) is 42.4. The summed E-state index contributed by atoms with van der Waals surface area (Å²) in [7, 11) is 0. The molecule has 6 rings (SSSR count). The summed E-state index contributed by atoms with van der Waals surface area (Å²) >= 11 is 0. The van der Waals surface area contributed by atoms with Crippen molar-refractivity contribution in [2.75, 3.05) is 33.1 Å². The Morgan fingerprint density at radius 2 is 1.69 bits per heavy atom. The van der Waals surface area contributed by atoms with Gasteiger partial charge in [0.05, 0.1) is 19.3 Å². The standard InChI is InChI=1S/C26H27N3O7/c1-26(17-6-8-20-22(13-17)36-15-35-20)24(31)29(25(32)27-26)14-23(30)28-9-2-4-18(28)16-5-7-19-21(12-16)34-11-3-10-33-19/h5-8,12-13,18H,2-4,9-11,14-15H2,1H3,(H,27,32). The number of carbonyl (C=O) groups is 3. The number of nitrogens with one attached hydrogen (secondary N) is 1. The Hall–Kier alpha value is -3.95. The Morgan fingerprint density at radius 3 is 2.56 bits per heavy atom. The van der Waals surface area contributed by atoms with Crippen molar-refractivity contribution in [3.05, 3.63) is 47.5 Å². The minimum Gasteiger partial charge on any atom is -0.490 e. The Bertz CT molecular complexity index is 1250. The first kappa shape index (κ1) is 22.5. The molecule has 4 aliphatic heterocycles. The lowest BCUT2D eigenvalue weighted by molar-refractivity contribution is -0.139. The summed E-state index contributed by atoms with van der Waals surface area (Å²) in [6.45, 7) is 3.16. The molecule has 4 amide bonds. The Morgan fingerprint density at radius 1 is 0.972 bits per heavy atom. The van der Waals surface area contributed by atoms with Crippen LogP contribution in [0.3, 0.4) is 0 Å². The van der Waals surface area contributed by atoms with Crippen LogP contribution < -0.4 is 24.3 Å². The molecular formula is C26H27N3O7. The molecular weight excluding hydrogens is 466 g/mol. The van der Waals surface area contributed by atoms with Crippen molar-refractivity contribution < 1.29 is 33.3 Å². The van der Waals surface area contributed by atoms with E-state index >= 15 is 0 Å². The zero-order valence-corrected chi connectivity index (χ0v) is 20.0. The Kier molecular flexibility index (Phi) is 5.39. The number of fused-ring (bicyclic) bond motifs is 2. The number of carbonyl (C=O) groups excluding carboxylic acids is 3. The van der Waals surface area contributed by atoms with Crippen LogP contribution in [0.15, 0.2) is 36.4 Å². The maximum Gasteiger partial charge on any atom is 0.325 e. The molecule has 0 bridgehead atoms. The van der Waals surface area contributed by atoms with Crippen molar-refractivity contribution in [2.24, 2.45) is 0 Å². The zero-order valence-electron chi connectivity index (χ0n) is 20.0. The average molecular weight is 494 g/mol. The largest absolute Gasteiger partial charge is 0.490 e. The van der Waals surface area contributed by atoms with Gasteiger partial charge in [-0.05, 0) is 55.2 Å². The van der Waals surface area contributed by atoms with E-state index in [9.17, 15) is 14.4 Å². The van der Waals surface area contributed by atoms with Crippen LogP contribution in [0, 0.1) is 0 Å². The lowest BCUT2D eigenvalue weighted by Crippen LogP contribution is -2.44. The number of rotatable bonds is 4. The monoisotopic (exact) mass is 493 g/mol. The topological polar surface area (TPSA) is 107 Å². The summed E-state index contributed by atoms with van der Waals surface area (Å²) in [5.41, 5.74) is 0.204. The van der Waals surface area contributed by atoms with Gasteiger partial charge in [-0.15, -0.1) is 0 Å². The van der Waals surface area contributed by atoms with Crippen LogP contribution in [-0.4, -0.2) is 60.7 Å². The number of benzene rings is 2. The quantitative estimate of drug-likeness (QED) is 0.653. The van der Waals surface area contributed by atoms with E-state index < -0.39 is 17.5 Å². The number of amides is 4. The Labute approximate surface area is 208 Å². The molecule has 4 heterocycles. The molecule has 4 aliphatic rings. The van der Waals surface area contributed by atoms with E-state index in [1.165, 1.54) is 0 Å². The highest BCUT2D eigenvalue weighted by molar-refractivity contribution is 6.09. The highest BCUT2D eigenvalue weighted by Crippen LogP contribution is 2.40. The lowest BCUT2D eigenvalue weighted by atomic mass is 9.91. The second-order valence-electron chi connectivity index (χ2n) is 9.52. The van der Waals surface area contributed by atoms with Crippen molar-refractivity contribution >= 4 is 17.8 Å². The second kappa shape index (κ2) is 8.61. The number of ether oxygens (including phenoxy) is 4. The van der Waals surface area contributed by atoms with Gasteiger partial charge >= 0.3 is 6.03 Å². The highest BCUT2D eigenvalue weighted by atomic mass is 16.7. The molecule has 0 aliphatic carbocycles. The molecule has 1 N–H and O–H groups in total. The first-order valence-electron chi connectivity index (χ1n) is 12.2. The second-order valence-corrected chi connectivity index (χ2v) is 9.52. The molecule has 188 valence electrons. The van der Waals surface area contributed by atoms with Crippen molar-refractivity contribution in [3.63, 3.8) is 0 Å². The normalized spacial score (nSPS) is 24.6. The van der Waals surface area contributed by atoms with E-state index in [1.54, 1.807) is 30.0 Å². The molecule has 2 aromatic carbocycles. The number of urea groups is 1. The molecule has 0 spiro atoms. The lowest BCUT2D eigenvalue weighted by Gasteiger charge is -2.27. The number of likely N-dealkylation sites (tertiary alicyclic amines) is 1. The van der Waals surface area contributed by atoms with Crippen molar-refractivity contribution in [3.8, 4) is 23.0 Å². The molecule has 10 heteroatoms. The van der Waals surface area contributed by atoms with Crippen LogP contribution in [0.5, 0.6) is 23.0 Å². The summed E-state index contributed by atoms with van der Waals surface area (Å²) in [5, 5.41) is 2.76. The van der Waals surface area contributed by atoms with E-state index in [1.807, 2.05) is 18.2 Å². The van der Waals surface area contributed by atoms with E-state index in [0.717, 1.165) is 29.7 Å². The predicted octanol–water partition coefficient (Wildman–Crippen LogP) is 2.71. The molecule has 0 saturated carbocycles. The molecule has 0 radical (unpaired) electrons. The van der Waals surface area contributed by atoms with Crippen LogP contribution in [0.4, 0.5) is 4.79 Å². The molecule has 2 saturated heterocycles. The van der Waals surface area contributed by atoms with Gasteiger partial charge in [0.1, 0.15) is 12.1 Å². The molecule has 36 heavy (non-hydrogen) atoms. The van der Waals surface area contributed by atoms with Crippen molar-refractivity contribution in [2.45, 2.75) is 37.8 Å². The smallest absolute Gasteiger partial charge is 0.325 e. The third-order valence-corrected chi connectivity index (χ3v) is 7.25. The molecule has 0 aromatic heterocycles. The molecule has 2 fully saturated rings. The maximum atomic E-state index is 13.4. The third kappa shape index (κ3) is 3.68. The predicted molar refractivity (Wildman–Crippen MR) is 126 cm³/mol. The third-order valence-electron chi connectivity index (χ3n) is 7.25. The fraction of sp³-hybridized carbons (Fsp3) is 0.423. The van der Waals surface area contributed by atoms with Gasteiger partial charge in [0, 0.05) is 13.0 Å². The number of hydrogen-bond acceptors (Lipinski definition) is 7. The zero-order chi connectivity index (χ0) is 24.9. The van der Waals surface area contributed by atoms with Gasteiger partial charge in [0.25, 0.3) is 5.91 Å². The fourth-order valence-corrected chi connectivity index (χ4v) is 5.27. The fourth-order valence-electron chi connectivity index (χ4n) is 5.27. The first-order chi connectivity index (χ1) is 17.4.